The molecule has 0 aliphatic carbocycles. The second kappa shape index (κ2) is 5.64. The molecule has 8 heteroatoms. The summed E-state index contributed by atoms with van der Waals surface area (Å²) in [7, 11) is 1.73. The van der Waals surface area contributed by atoms with Crippen LogP contribution in [-0.2, 0) is 11.8 Å². The molecule has 124 valence electrons. The fourth-order valence-electron chi connectivity index (χ4n) is 3.00. The van der Waals surface area contributed by atoms with E-state index < -0.39 is 0 Å². The Morgan fingerprint density at radius 2 is 2.33 bits per heavy atom. The van der Waals surface area contributed by atoms with Crippen molar-refractivity contribution in [3.05, 3.63) is 52.3 Å². The van der Waals surface area contributed by atoms with Gasteiger partial charge >= 0.3 is 0 Å². The zero-order valence-corrected chi connectivity index (χ0v) is 13.1. The normalized spacial score (nSPS) is 18.2. The smallest absolute Gasteiger partial charge is 0.260 e. The van der Waals surface area contributed by atoms with E-state index >= 15 is 0 Å². The lowest BCUT2D eigenvalue weighted by Crippen LogP contribution is -2.44. The van der Waals surface area contributed by atoms with Crippen LogP contribution in [0.3, 0.4) is 0 Å². The highest BCUT2D eigenvalue weighted by molar-refractivity contribution is 5.97. The Hall–Kier alpha value is -2.87. The van der Waals surface area contributed by atoms with Crippen molar-refractivity contribution in [3.8, 4) is 0 Å². The fraction of sp³-hybridized carbons (Fsp3) is 0.312. The average Bonchev–Trinajstić information content (AvgIpc) is 3.25. The highest BCUT2D eigenvalue weighted by Gasteiger charge is 2.32. The number of aromatic amines is 1. The number of hydrogen-bond donors (Lipinski definition) is 1. The maximum atomic E-state index is 13.0. The summed E-state index contributed by atoms with van der Waals surface area (Å²) < 4.78 is 12.5. The third-order valence-electron chi connectivity index (χ3n) is 4.27. The van der Waals surface area contributed by atoms with Gasteiger partial charge in [0.05, 0.1) is 31.1 Å². The Kier molecular flexibility index (Phi) is 3.46. The van der Waals surface area contributed by atoms with Crippen molar-refractivity contribution in [3.63, 3.8) is 0 Å². The van der Waals surface area contributed by atoms with Crippen LogP contribution in [0.4, 0.5) is 0 Å². The van der Waals surface area contributed by atoms with Crippen LogP contribution in [0.15, 0.2) is 40.0 Å². The van der Waals surface area contributed by atoms with Gasteiger partial charge in [0, 0.05) is 19.8 Å². The highest BCUT2D eigenvalue weighted by atomic mass is 16.5. The lowest BCUT2D eigenvalue weighted by Gasteiger charge is -2.34. The minimum Gasteiger partial charge on any atom is -0.467 e. The molecule has 1 fully saturated rings. The molecular weight excluding hydrogens is 312 g/mol. The fourth-order valence-corrected chi connectivity index (χ4v) is 3.00. The molecule has 1 unspecified atom stereocenters. The first kappa shape index (κ1) is 14.7. The maximum absolute atomic E-state index is 13.0. The monoisotopic (exact) mass is 328 g/mol. The summed E-state index contributed by atoms with van der Waals surface area (Å²) in [6.07, 6.45) is 4.47. The number of fused-ring (bicyclic) bond motifs is 1. The van der Waals surface area contributed by atoms with E-state index in [1.54, 1.807) is 35.0 Å². The molecule has 1 N–H and O–H groups in total. The third kappa shape index (κ3) is 2.23. The van der Waals surface area contributed by atoms with E-state index in [9.17, 15) is 9.59 Å². The molecule has 1 aliphatic rings. The summed E-state index contributed by atoms with van der Waals surface area (Å²) in [5.74, 6) is 0.300. The topological polar surface area (TPSA) is 93.4 Å². The van der Waals surface area contributed by atoms with Crippen molar-refractivity contribution in [1.82, 2.24) is 19.7 Å². The van der Waals surface area contributed by atoms with Gasteiger partial charge in [-0.15, -0.1) is 0 Å². The lowest BCUT2D eigenvalue weighted by atomic mass is 10.1. The summed E-state index contributed by atoms with van der Waals surface area (Å²) in [6, 6.07) is 3.22. The number of amides is 1. The van der Waals surface area contributed by atoms with Gasteiger partial charge < -0.3 is 19.0 Å². The summed E-state index contributed by atoms with van der Waals surface area (Å²) in [6.45, 7) is 1.16. The summed E-state index contributed by atoms with van der Waals surface area (Å²) >= 11 is 0. The van der Waals surface area contributed by atoms with E-state index in [1.807, 2.05) is 0 Å². The van der Waals surface area contributed by atoms with Gasteiger partial charge in [0.2, 0.25) is 5.43 Å². The third-order valence-corrected chi connectivity index (χ3v) is 4.27. The molecule has 1 amide bonds. The minimum absolute atomic E-state index is 0.0916. The van der Waals surface area contributed by atoms with Crippen molar-refractivity contribution in [2.75, 3.05) is 19.8 Å². The van der Waals surface area contributed by atoms with Gasteiger partial charge in [-0.25, -0.2) is 0 Å². The molecule has 1 atom stereocenters. The van der Waals surface area contributed by atoms with Crippen molar-refractivity contribution >= 4 is 16.9 Å². The van der Waals surface area contributed by atoms with E-state index in [0.717, 1.165) is 0 Å². The second-order valence-electron chi connectivity index (χ2n) is 5.67. The van der Waals surface area contributed by atoms with Crippen LogP contribution in [0.25, 0.3) is 11.0 Å². The minimum atomic E-state index is -0.342. The van der Waals surface area contributed by atoms with E-state index in [2.05, 4.69) is 10.1 Å². The van der Waals surface area contributed by atoms with Crippen molar-refractivity contribution in [2.24, 2.45) is 7.05 Å². The Morgan fingerprint density at radius 1 is 1.46 bits per heavy atom. The second-order valence-corrected chi connectivity index (χ2v) is 5.67. The predicted octanol–water partition coefficient (Wildman–Crippen LogP) is 1.07. The standard InChI is InChI=1S/C16H16N4O4/c1-19-15-10(8-18-19)14(21)11(7-17-15)16(22)20-4-6-23-9-12(20)13-3-2-5-24-13/h2-3,5,7-8,12H,4,6,9H2,1H3,(H,17,21). The molecule has 24 heavy (non-hydrogen) atoms. The van der Waals surface area contributed by atoms with Gasteiger partial charge in [-0.1, -0.05) is 0 Å². The molecule has 0 aromatic carbocycles. The van der Waals surface area contributed by atoms with Crippen molar-refractivity contribution in [2.45, 2.75) is 6.04 Å². The van der Waals surface area contributed by atoms with Crippen LogP contribution in [-0.4, -0.2) is 45.3 Å². The molecule has 4 heterocycles. The number of carbonyl (C=O) groups is 1. The first-order valence-electron chi connectivity index (χ1n) is 7.62. The van der Waals surface area contributed by atoms with Gasteiger partial charge in [-0.3, -0.25) is 14.3 Å². The number of aryl methyl sites for hydroxylation is 1. The Bertz CT molecular complexity index is 941. The number of rotatable bonds is 2. The van der Waals surface area contributed by atoms with Crippen LogP contribution < -0.4 is 5.43 Å². The van der Waals surface area contributed by atoms with E-state index in [-0.39, 0.29) is 22.9 Å². The van der Waals surface area contributed by atoms with Crippen LogP contribution in [0.1, 0.15) is 22.2 Å². The molecule has 8 nitrogen and oxygen atoms in total. The first-order valence-corrected chi connectivity index (χ1v) is 7.62. The number of furan rings is 1. The lowest BCUT2D eigenvalue weighted by molar-refractivity contribution is -0.00883. The number of hydrogen-bond acceptors (Lipinski definition) is 5. The molecule has 0 spiro atoms. The van der Waals surface area contributed by atoms with Gasteiger partial charge in [-0.05, 0) is 12.1 Å². The summed E-state index contributed by atoms with van der Waals surface area (Å²) in [4.78, 5) is 30.2. The molecule has 3 aromatic heterocycles. The summed E-state index contributed by atoms with van der Waals surface area (Å²) in [5.41, 5.74) is 0.349. The van der Waals surface area contributed by atoms with Gasteiger partial charge in [0.15, 0.2) is 0 Å². The quantitative estimate of drug-likeness (QED) is 0.759. The zero-order valence-electron chi connectivity index (χ0n) is 13.1. The number of H-pyrrole nitrogens is 1. The number of ether oxygens (including phenoxy) is 1. The molecule has 0 saturated carbocycles. The van der Waals surface area contributed by atoms with Gasteiger partial charge in [0.25, 0.3) is 5.91 Å². The first-order chi connectivity index (χ1) is 11.7. The average molecular weight is 328 g/mol. The van der Waals surface area contributed by atoms with Gasteiger partial charge in [0.1, 0.15) is 23.0 Å². The number of aromatic nitrogens is 3. The molecule has 1 aliphatic heterocycles. The van der Waals surface area contributed by atoms with Crippen LogP contribution >= 0.6 is 0 Å². The number of carbonyl (C=O) groups excluding carboxylic acids is 1. The Labute approximate surface area is 136 Å². The van der Waals surface area contributed by atoms with Crippen LogP contribution in [0, 0.1) is 0 Å². The van der Waals surface area contributed by atoms with E-state index in [1.165, 1.54) is 12.4 Å². The molecular formula is C16H16N4O4. The number of morpholine rings is 1. The number of nitrogens with zero attached hydrogens (tertiary/aromatic N) is 3. The molecule has 3 aromatic rings. The molecule has 4 rings (SSSR count). The number of nitrogens with one attached hydrogen (secondary N) is 1. The van der Waals surface area contributed by atoms with Crippen LogP contribution in [0.2, 0.25) is 0 Å². The van der Waals surface area contributed by atoms with Crippen LogP contribution in [0.5, 0.6) is 0 Å². The van der Waals surface area contributed by atoms with Gasteiger partial charge in [-0.2, -0.15) is 5.10 Å². The SMILES string of the molecule is Cn1ncc2c(=O)c(C(=O)N3CCOCC3c3ccco3)c[nH]c21. The predicted molar refractivity (Wildman–Crippen MR) is 84.6 cm³/mol. The maximum Gasteiger partial charge on any atom is 0.260 e. The van der Waals surface area contributed by atoms with Crippen molar-refractivity contribution in [1.29, 1.82) is 0 Å². The molecule has 0 radical (unpaired) electrons. The van der Waals surface area contributed by atoms with E-state index in [0.29, 0.717) is 36.6 Å². The largest absolute Gasteiger partial charge is 0.467 e. The zero-order chi connectivity index (χ0) is 16.7. The summed E-state index contributed by atoms with van der Waals surface area (Å²) in [5, 5.41) is 4.45. The van der Waals surface area contributed by atoms with Crippen molar-refractivity contribution < 1.29 is 13.9 Å². The van der Waals surface area contributed by atoms with E-state index in [4.69, 9.17) is 9.15 Å². The highest BCUT2D eigenvalue weighted by Crippen LogP contribution is 2.26. The Balaban J connectivity index is 1.74. The number of pyridine rings is 1. The molecule has 0 bridgehead atoms. The Morgan fingerprint density at radius 3 is 3.12 bits per heavy atom. The molecule has 1 saturated heterocycles.